The van der Waals surface area contributed by atoms with Gasteiger partial charge in [0.1, 0.15) is 5.60 Å². The van der Waals surface area contributed by atoms with Crippen LogP contribution >= 0.6 is 0 Å². The Morgan fingerprint density at radius 3 is 2.53 bits per heavy atom. The van der Waals surface area contributed by atoms with Gasteiger partial charge in [-0.1, -0.05) is 0 Å². The minimum Gasteiger partial charge on any atom is -0.460 e. The van der Waals surface area contributed by atoms with Gasteiger partial charge in [-0.2, -0.15) is 0 Å². The Morgan fingerprint density at radius 2 is 2.00 bits per heavy atom. The molecule has 0 aromatic heterocycles. The van der Waals surface area contributed by atoms with Crippen molar-refractivity contribution >= 4 is 13.3 Å². The Kier molecular flexibility index (Phi) is 6.26. The lowest BCUT2D eigenvalue weighted by atomic mass is 9.99. The number of rotatable bonds is 5. The monoisotopic (exact) mass is 273 g/mol. The first kappa shape index (κ1) is 16.4. The normalized spacial score (nSPS) is 24.4. The van der Waals surface area contributed by atoms with E-state index in [0.717, 1.165) is 0 Å². The second-order valence-corrected chi connectivity index (χ2v) is 5.64. The van der Waals surface area contributed by atoms with Crippen molar-refractivity contribution in [3.63, 3.8) is 0 Å². The average Bonchev–Trinajstić information content (AvgIpc) is 2.26. The van der Waals surface area contributed by atoms with Gasteiger partial charge in [0.05, 0.1) is 12.5 Å². The average molecular weight is 273 g/mol. The van der Waals surface area contributed by atoms with E-state index in [-0.39, 0.29) is 24.6 Å². The maximum Gasteiger partial charge on any atom is 0.639 e. The highest BCUT2D eigenvalue weighted by Crippen LogP contribution is 2.22. The fourth-order valence-electron chi connectivity index (χ4n) is 1.93. The molecule has 1 fully saturated rings. The lowest BCUT2D eigenvalue weighted by Crippen LogP contribution is -2.44. The number of hydrogen-bond acceptors (Lipinski definition) is 6. The maximum absolute atomic E-state index is 11.8. The standard InChI is InChI=1S/C12H24BNO5/c1-12(2,3)17-11(15)8-10-7-9(5-6-14)18-13(16-4)19-10/h9-10H,5-8,14H2,1-4H3/t9-,10-/m1/s1. The van der Waals surface area contributed by atoms with E-state index in [4.69, 9.17) is 24.4 Å². The first-order chi connectivity index (χ1) is 8.84. The SMILES string of the molecule is COB1O[C@H](CCN)C[C@H](CC(=O)OC(C)(C)C)O1. The van der Waals surface area contributed by atoms with E-state index in [1.165, 1.54) is 7.11 Å². The van der Waals surface area contributed by atoms with E-state index in [2.05, 4.69) is 0 Å². The summed E-state index contributed by atoms with van der Waals surface area (Å²) in [5, 5.41) is 0. The molecule has 0 amide bonds. The summed E-state index contributed by atoms with van der Waals surface area (Å²) in [4.78, 5) is 11.8. The predicted octanol–water partition coefficient (Wildman–Crippen LogP) is 0.872. The Labute approximate surface area is 115 Å². The molecule has 0 radical (unpaired) electrons. The van der Waals surface area contributed by atoms with Crippen molar-refractivity contribution in [2.45, 2.75) is 57.8 Å². The van der Waals surface area contributed by atoms with Gasteiger partial charge in [-0.05, 0) is 40.2 Å². The Balaban J connectivity index is 2.49. The summed E-state index contributed by atoms with van der Waals surface area (Å²) in [7, 11) is 0.762. The zero-order valence-corrected chi connectivity index (χ0v) is 12.2. The number of hydrogen-bond donors (Lipinski definition) is 1. The van der Waals surface area contributed by atoms with Gasteiger partial charge >= 0.3 is 13.3 Å². The number of ether oxygens (including phenoxy) is 1. The number of nitrogens with two attached hydrogens (primary N) is 1. The topological polar surface area (TPSA) is 80.0 Å². The van der Waals surface area contributed by atoms with Crippen molar-refractivity contribution < 1.29 is 23.5 Å². The third-order valence-electron chi connectivity index (χ3n) is 2.63. The van der Waals surface area contributed by atoms with Gasteiger partial charge < -0.3 is 24.4 Å². The van der Waals surface area contributed by atoms with Crippen LogP contribution in [0.15, 0.2) is 0 Å². The highest BCUT2D eigenvalue weighted by atomic mass is 16.7. The molecule has 1 rings (SSSR count). The molecule has 0 bridgehead atoms. The molecule has 0 aromatic rings. The van der Waals surface area contributed by atoms with E-state index in [9.17, 15) is 4.79 Å². The summed E-state index contributed by atoms with van der Waals surface area (Å²) in [5.74, 6) is -0.277. The molecule has 0 aromatic carbocycles. The fourth-order valence-corrected chi connectivity index (χ4v) is 1.93. The molecule has 2 N–H and O–H groups in total. The molecule has 0 unspecified atom stereocenters. The van der Waals surface area contributed by atoms with Crippen LogP contribution in [0.1, 0.15) is 40.0 Å². The maximum atomic E-state index is 11.8. The van der Waals surface area contributed by atoms with Crippen LogP contribution in [0, 0.1) is 0 Å². The van der Waals surface area contributed by atoms with Gasteiger partial charge in [0.25, 0.3) is 0 Å². The summed E-state index contributed by atoms with van der Waals surface area (Å²) in [5.41, 5.74) is 5.04. The molecular formula is C12H24BNO5. The number of carbonyl (C=O) groups excluding carboxylic acids is 1. The molecule has 110 valence electrons. The molecule has 19 heavy (non-hydrogen) atoms. The lowest BCUT2D eigenvalue weighted by Gasteiger charge is -2.32. The van der Waals surface area contributed by atoms with Crippen LogP contribution in [0.4, 0.5) is 0 Å². The van der Waals surface area contributed by atoms with Crippen LogP contribution in [-0.4, -0.2) is 44.8 Å². The third kappa shape index (κ3) is 6.38. The van der Waals surface area contributed by atoms with E-state index in [0.29, 0.717) is 19.4 Å². The minimum atomic E-state index is -0.738. The summed E-state index contributed by atoms with van der Waals surface area (Å²) in [6.45, 7) is 6.04. The summed E-state index contributed by atoms with van der Waals surface area (Å²) in [6, 6.07) is 0. The van der Waals surface area contributed by atoms with Gasteiger partial charge in [0.15, 0.2) is 0 Å². The zero-order valence-electron chi connectivity index (χ0n) is 12.2. The highest BCUT2D eigenvalue weighted by molar-refractivity contribution is 6.36. The Bertz CT molecular complexity index is 294. The second-order valence-electron chi connectivity index (χ2n) is 5.64. The fraction of sp³-hybridized carbons (Fsp3) is 0.917. The van der Waals surface area contributed by atoms with Crippen LogP contribution in [0.2, 0.25) is 0 Å². The predicted molar refractivity (Wildman–Crippen MR) is 71.3 cm³/mol. The number of carbonyl (C=O) groups is 1. The smallest absolute Gasteiger partial charge is 0.460 e. The van der Waals surface area contributed by atoms with Crippen molar-refractivity contribution in [2.24, 2.45) is 5.73 Å². The van der Waals surface area contributed by atoms with Gasteiger partial charge in [0.2, 0.25) is 0 Å². The van der Waals surface area contributed by atoms with Gasteiger partial charge in [-0.3, -0.25) is 4.79 Å². The quantitative estimate of drug-likeness (QED) is 0.591. The van der Waals surface area contributed by atoms with E-state index >= 15 is 0 Å². The molecule has 1 heterocycles. The molecular weight excluding hydrogens is 249 g/mol. The third-order valence-corrected chi connectivity index (χ3v) is 2.63. The van der Waals surface area contributed by atoms with Crippen molar-refractivity contribution in [3.05, 3.63) is 0 Å². The Hall–Kier alpha value is -0.625. The first-order valence-corrected chi connectivity index (χ1v) is 6.59. The van der Waals surface area contributed by atoms with Crippen LogP contribution in [0.5, 0.6) is 0 Å². The molecule has 0 saturated carbocycles. The molecule has 6 nitrogen and oxygen atoms in total. The highest BCUT2D eigenvalue weighted by Gasteiger charge is 2.36. The van der Waals surface area contributed by atoms with Gasteiger partial charge in [-0.15, -0.1) is 0 Å². The van der Waals surface area contributed by atoms with Crippen LogP contribution in [0.25, 0.3) is 0 Å². The van der Waals surface area contributed by atoms with Gasteiger partial charge in [0, 0.05) is 13.2 Å². The van der Waals surface area contributed by atoms with Crippen LogP contribution in [0.3, 0.4) is 0 Å². The van der Waals surface area contributed by atoms with E-state index < -0.39 is 12.9 Å². The van der Waals surface area contributed by atoms with Crippen LogP contribution < -0.4 is 5.73 Å². The number of esters is 1. The minimum absolute atomic E-state index is 0.0452. The first-order valence-electron chi connectivity index (χ1n) is 6.59. The van der Waals surface area contributed by atoms with Crippen molar-refractivity contribution in [2.75, 3.05) is 13.7 Å². The Morgan fingerprint density at radius 1 is 1.37 bits per heavy atom. The summed E-state index contributed by atoms with van der Waals surface area (Å²) >= 11 is 0. The second kappa shape index (κ2) is 7.24. The molecule has 2 atom stereocenters. The molecule has 0 aliphatic carbocycles. The molecule has 1 aliphatic heterocycles. The molecule has 0 spiro atoms. The van der Waals surface area contributed by atoms with Crippen LogP contribution in [-0.2, 0) is 23.5 Å². The van der Waals surface area contributed by atoms with E-state index in [1.807, 2.05) is 20.8 Å². The largest absolute Gasteiger partial charge is 0.639 e. The molecule has 7 heteroatoms. The summed E-state index contributed by atoms with van der Waals surface area (Å²) < 4.78 is 21.3. The zero-order chi connectivity index (χ0) is 14.5. The summed E-state index contributed by atoms with van der Waals surface area (Å²) in [6.07, 6.45) is 1.23. The lowest BCUT2D eigenvalue weighted by molar-refractivity contribution is -0.158. The van der Waals surface area contributed by atoms with E-state index in [1.54, 1.807) is 0 Å². The van der Waals surface area contributed by atoms with Gasteiger partial charge in [-0.25, -0.2) is 0 Å². The van der Waals surface area contributed by atoms with Crippen molar-refractivity contribution in [1.29, 1.82) is 0 Å². The van der Waals surface area contributed by atoms with Crippen molar-refractivity contribution in [1.82, 2.24) is 0 Å². The molecule has 1 aliphatic rings. The van der Waals surface area contributed by atoms with Crippen molar-refractivity contribution in [3.8, 4) is 0 Å². The molecule has 1 saturated heterocycles.